The summed E-state index contributed by atoms with van der Waals surface area (Å²) >= 11 is 3.41. The molecule has 1 aromatic carbocycles. The van der Waals surface area contributed by atoms with Crippen LogP contribution in [0.2, 0.25) is 0 Å². The van der Waals surface area contributed by atoms with E-state index >= 15 is 0 Å². The zero-order chi connectivity index (χ0) is 13.5. The average molecular weight is 315 g/mol. The fraction of sp³-hybridized carbons (Fsp3) is 0.462. The maximum atomic E-state index is 11.1. The highest BCUT2D eigenvalue weighted by atomic mass is 79.9. The van der Waals surface area contributed by atoms with Gasteiger partial charge in [-0.3, -0.25) is 4.79 Å². The normalized spacial score (nSPS) is 12.0. The average Bonchev–Trinajstić information content (AvgIpc) is 2.35. The largest absolute Gasteiger partial charge is 0.493 e. The molecule has 4 nitrogen and oxygen atoms in total. The van der Waals surface area contributed by atoms with Gasteiger partial charge in [0.15, 0.2) is 0 Å². The molecule has 3 N–H and O–H groups in total. The van der Waals surface area contributed by atoms with E-state index in [-0.39, 0.29) is 11.9 Å². The Morgan fingerprint density at radius 2 is 2.28 bits per heavy atom. The third-order valence-corrected chi connectivity index (χ3v) is 3.04. The minimum absolute atomic E-state index is 0.0295. The van der Waals surface area contributed by atoms with Crippen LogP contribution in [0, 0.1) is 0 Å². The smallest absolute Gasteiger partial charge is 0.219 e. The van der Waals surface area contributed by atoms with E-state index in [0.717, 1.165) is 15.8 Å². The van der Waals surface area contributed by atoms with E-state index in [1.165, 1.54) is 0 Å². The fourth-order valence-corrected chi connectivity index (χ4v) is 1.93. The molecule has 0 fully saturated rings. The van der Waals surface area contributed by atoms with E-state index < -0.39 is 0 Å². The molecule has 18 heavy (non-hydrogen) atoms. The van der Waals surface area contributed by atoms with Crippen LogP contribution in [0.4, 0.5) is 0 Å². The van der Waals surface area contributed by atoms with E-state index in [0.29, 0.717) is 19.4 Å². The number of benzene rings is 1. The molecule has 1 rings (SSSR count). The van der Waals surface area contributed by atoms with E-state index in [2.05, 4.69) is 21.2 Å². The van der Waals surface area contributed by atoms with Gasteiger partial charge < -0.3 is 15.8 Å². The summed E-state index contributed by atoms with van der Waals surface area (Å²) < 4.78 is 6.65. The molecule has 0 aliphatic carbocycles. The van der Waals surface area contributed by atoms with E-state index in [1.807, 2.05) is 25.1 Å². The molecule has 0 heterocycles. The van der Waals surface area contributed by atoms with Crippen LogP contribution in [0.15, 0.2) is 22.7 Å². The summed E-state index contributed by atoms with van der Waals surface area (Å²) in [6.45, 7) is 2.42. The molecule has 1 aromatic rings. The number of carbonyl (C=O) groups is 1. The Morgan fingerprint density at radius 3 is 2.89 bits per heavy atom. The molecule has 0 saturated heterocycles. The van der Waals surface area contributed by atoms with Gasteiger partial charge in [0, 0.05) is 29.5 Å². The Kier molecular flexibility index (Phi) is 6.15. The van der Waals surface area contributed by atoms with E-state index in [4.69, 9.17) is 10.5 Å². The van der Waals surface area contributed by atoms with Crippen molar-refractivity contribution in [1.82, 2.24) is 5.32 Å². The van der Waals surface area contributed by atoms with Crippen molar-refractivity contribution in [3.05, 3.63) is 28.2 Å². The lowest BCUT2D eigenvalue weighted by Crippen LogP contribution is -2.18. The predicted molar refractivity (Wildman–Crippen MR) is 75.5 cm³/mol. The standard InChI is InChI=1S/C13H19BrN2O2/c1-9(15)11-8-10(14)5-6-12(11)18-7-3-4-13(17)16-2/h5-6,8-9H,3-4,7,15H2,1-2H3,(H,16,17). The lowest BCUT2D eigenvalue weighted by molar-refractivity contribution is -0.120. The third kappa shape index (κ3) is 4.66. The quantitative estimate of drug-likeness (QED) is 0.792. The van der Waals surface area contributed by atoms with Crippen LogP contribution < -0.4 is 15.8 Å². The number of amides is 1. The first-order valence-corrected chi connectivity index (χ1v) is 6.72. The highest BCUT2D eigenvalue weighted by molar-refractivity contribution is 9.10. The van der Waals surface area contributed by atoms with Gasteiger partial charge in [-0.2, -0.15) is 0 Å². The monoisotopic (exact) mass is 314 g/mol. The van der Waals surface area contributed by atoms with Gasteiger partial charge in [-0.1, -0.05) is 15.9 Å². The van der Waals surface area contributed by atoms with Crippen LogP contribution >= 0.6 is 15.9 Å². The maximum absolute atomic E-state index is 11.1. The number of nitrogens with two attached hydrogens (primary N) is 1. The maximum Gasteiger partial charge on any atom is 0.219 e. The van der Waals surface area contributed by atoms with Gasteiger partial charge in [-0.15, -0.1) is 0 Å². The molecule has 5 heteroatoms. The minimum Gasteiger partial charge on any atom is -0.493 e. The number of rotatable bonds is 6. The first kappa shape index (κ1) is 15.0. The van der Waals surface area contributed by atoms with Crippen LogP contribution in [0.25, 0.3) is 0 Å². The third-order valence-electron chi connectivity index (χ3n) is 2.55. The molecule has 0 aliphatic rings. The first-order valence-electron chi connectivity index (χ1n) is 5.93. The van der Waals surface area contributed by atoms with Gasteiger partial charge in [-0.05, 0) is 31.5 Å². The Labute approximate surface area is 116 Å². The summed E-state index contributed by atoms with van der Waals surface area (Å²) in [4.78, 5) is 11.1. The number of ether oxygens (including phenoxy) is 1. The summed E-state index contributed by atoms with van der Waals surface area (Å²) in [5, 5.41) is 2.58. The SMILES string of the molecule is CNC(=O)CCCOc1ccc(Br)cc1C(C)N. The summed E-state index contributed by atoms with van der Waals surface area (Å²) in [6, 6.07) is 5.68. The van der Waals surface area contributed by atoms with Crippen molar-refractivity contribution >= 4 is 21.8 Å². The topological polar surface area (TPSA) is 64.3 Å². The summed E-state index contributed by atoms with van der Waals surface area (Å²) in [6.07, 6.45) is 1.16. The molecule has 0 spiro atoms. The van der Waals surface area contributed by atoms with Gasteiger partial charge in [-0.25, -0.2) is 0 Å². The van der Waals surface area contributed by atoms with Crippen molar-refractivity contribution in [2.75, 3.05) is 13.7 Å². The highest BCUT2D eigenvalue weighted by Gasteiger charge is 2.09. The van der Waals surface area contributed by atoms with Crippen molar-refractivity contribution in [3.8, 4) is 5.75 Å². The van der Waals surface area contributed by atoms with Crippen LogP contribution in [0.1, 0.15) is 31.4 Å². The van der Waals surface area contributed by atoms with Crippen LogP contribution in [0.5, 0.6) is 5.75 Å². The molecule has 0 aromatic heterocycles. The fourth-order valence-electron chi connectivity index (χ4n) is 1.55. The van der Waals surface area contributed by atoms with Gasteiger partial charge >= 0.3 is 0 Å². The van der Waals surface area contributed by atoms with Gasteiger partial charge in [0.1, 0.15) is 5.75 Å². The molecule has 1 atom stereocenters. The zero-order valence-electron chi connectivity index (χ0n) is 10.7. The summed E-state index contributed by atoms with van der Waals surface area (Å²) in [7, 11) is 1.63. The minimum atomic E-state index is -0.0866. The Morgan fingerprint density at radius 1 is 1.56 bits per heavy atom. The molecule has 1 unspecified atom stereocenters. The lowest BCUT2D eigenvalue weighted by Gasteiger charge is -2.14. The predicted octanol–water partition coefficient (Wildman–Crippen LogP) is 2.37. The van der Waals surface area contributed by atoms with Gasteiger partial charge in [0.2, 0.25) is 5.91 Å². The number of hydrogen-bond acceptors (Lipinski definition) is 3. The number of halogens is 1. The molecule has 1 amide bonds. The van der Waals surface area contributed by atoms with Crippen LogP contribution in [-0.4, -0.2) is 19.6 Å². The Balaban J connectivity index is 2.54. The number of hydrogen-bond donors (Lipinski definition) is 2. The Bertz CT molecular complexity index is 408. The van der Waals surface area contributed by atoms with Crippen LogP contribution in [-0.2, 0) is 4.79 Å². The molecule has 0 aliphatic heterocycles. The molecule has 100 valence electrons. The number of carbonyl (C=O) groups excluding carboxylic acids is 1. The second-order valence-corrected chi connectivity index (χ2v) is 5.01. The molecule has 0 radical (unpaired) electrons. The van der Waals surface area contributed by atoms with Crippen molar-refractivity contribution in [3.63, 3.8) is 0 Å². The van der Waals surface area contributed by atoms with Crippen molar-refractivity contribution in [2.24, 2.45) is 5.73 Å². The Hall–Kier alpha value is -1.07. The summed E-state index contributed by atoms with van der Waals surface area (Å²) in [5.74, 6) is 0.812. The second-order valence-electron chi connectivity index (χ2n) is 4.10. The van der Waals surface area contributed by atoms with Gasteiger partial charge in [0.25, 0.3) is 0 Å². The van der Waals surface area contributed by atoms with Gasteiger partial charge in [0.05, 0.1) is 6.61 Å². The molecule has 0 bridgehead atoms. The summed E-state index contributed by atoms with van der Waals surface area (Å²) in [5.41, 5.74) is 6.85. The molecule has 0 saturated carbocycles. The van der Waals surface area contributed by atoms with Crippen molar-refractivity contribution in [1.29, 1.82) is 0 Å². The van der Waals surface area contributed by atoms with Crippen molar-refractivity contribution < 1.29 is 9.53 Å². The van der Waals surface area contributed by atoms with E-state index in [1.54, 1.807) is 7.05 Å². The zero-order valence-corrected chi connectivity index (χ0v) is 12.3. The first-order chi connectivity index (χ1) is 8.54. The molecular formula is C13H19BrN2O2. The van der Waals surface area contributed by atoms with Crippen molar-refractivity contribution in [2.45, 2.75) is 25.8 Å². The highest BCUT2D eigenvalue weighted by Crippen LogP contribution is 2.27. The van der Waals surface area contributed by atoms with Crippen LogP contribution in [0.3, 0.4) is 0 Å². The van der Waals surface area contributed by atoms with E-state index in [9.17, 15) is 4.79 Å². The number of nitrogens with one attached hydrogen (secondary N) is 1. The second kappa shape index (κ2) is 7.38. The molecular weight excluding hydrogens is 296 g/mol. The lowest BCUT2D eigenvalue weighted by atomic mass is 10.1.